The van der Waals surface area contributed by atoms with Crippen LogP contribution < -0.4 is 4.74 Å². The molecule has 1 heterocycles. The summed E-state index contributed by atoms with van der Waals surface area (Å²) < 4.78 is 7.14. The SMILES string of the molecule is COc1ccc(Cl)cc1Cn1ccc(C)n1. The third-order valence-corrected chi connectivity index (χ3v) is 2.58. The fourth-order valence-corrected chi connectivity index (χ4v) is 1.79. The number of methoxy groups -OCH3 is 1. The molecule has 84 valence electrons. The molecule has 16 heavy (non-hydrogen) atoms. The predicted octanol–water partition coefficient (Wildman–Crippen LogP) is 2.90. The molecule has 2 aromatic rings. The zero-order chi connectivity index (χ0) is 11.5. The van der Waals surface area contributed by atoms with Crippen molar-refractivity contribution in [3.63, 3.8) is 0 Å². The van der Waals surface area contributed by atoms with Crippen LogP contribution >= 0.6 is 11.6 Å². The van der Waals surface area contributed by atoms with E-state index in [1.165, 1.54) is 0 Å². The van der Waals surface area contributed by atoms with Crippen LogP contribution in [0.15, 0.2) is 30.5 Å². The van der Waals surface area contributed by atoms with Crippen LogP contribution in [0.3, 0.4) is 0 Å². The van der Waals surface area contributed by atoms with Crippen molar-refractivity contribution < 1.29 is 4.74 Å². The van der Waals surface area contributed by atoms with E-state index in [2.05, 4.69) is 5.10 Å². The van der Waals surface area contributed by atoms with E-state index in [0.717, 1.165) is 17.0 Å². The second kappa shape index (κ2) is 4.58. The summed E-state index contributed by atoms with van der Waals surface area (Å²) >= 11 is 5.96. The molecule has 0 aliphatic rings. The molecule has 0 saturated carbocycles. The standard InChI is InChI=1S/C12H13ClN2O/c1-9-5-6-15(14-9)8-10-7-11(13)3-4-12(10)16-2/h3-7H,8H2,1-2H3. The zero-order valence-corrected chi connectivity index (χ0v) is 10.0. The number of hydrogen-bond donors (Lipinski definition) is 0. The highest BCUT2D eigenvalue weighted by atomic mass is 35.5. The number of rotatable bonds is 3. The molecular formula is C12H13ClN2O. The van der Waals surface area contributed by atoms with Gasteiger partial charge in [-0.05, 0) is 31.2 Å². The quantitative estimate of drug-likeness (QED) is 0.820. The molecule has 0 bridgehead atoms. The van der Waals surface area contributed by atoms with E-state index in [-0.39, 0.29) is 0 Å². The van der Waals surface area contributed by atoms with E-state index in [4.69, 9.17) is 16.3 Å². The molecule has 1 aromatic heterocycles. The van der Waals surface area contributed by atoms with Crippen molar-refractivity contribution in [3.8, 4) is 5.75 Å². The summed E-state index contributed by atoms with van der Waals surface area (Å²) in [6.45, 7) is 2.63. The molecule has 0 unspecified atom stereocenters. The third kappa shape index (κ3) is 2.36. The molecule has 0 amide bonds. The Morgan fingerprint density at radius 2 is 2.19 bits per heavy atom. The number of hydrogen-bond acceptors (Lipinski definition) is 2. The number of halogens is 1. The smallest absolute Gasteiger partial charge is 0.124 e. The van der Waals surface area contributed by atoms with Gasteiger partial charge in [-0.2, -0.15) is 5.10 Å². The van der Waals surface area contributed by atoms with Gasteiger partial charge in [0.05, 0.1) is 19.3 Å². The Kier molecular flexibility index (Phi) is 3.15. The molecule has 1 aromatic carbocycles. The molecule has 0 radical (unpaired) electrons. The van der Waals surface area contributed by atoms with E-state index in [1.807, 2.05) is 42.1 Å². The highest BCUT2D eigenvalue weighted by Gasteiger charge is 2.05. The van der Waals surface area contributed by atoms with Gasteiger partial charge in [0.1, 0.15) is 5.75 Å². The van der Waals surface area contributed by atoms with Gasteiger partial charge in [-0.1, -0.05) is 11.6 Å². The van der Waals surface area contributed by atoms with Gasteiger partial charge in [0.2, 0.25) is 0 Å². The molecule has 0 N–H and O–H groups in total. The lowest BCUT2D eigenvalue weighted by atomic mass is 10.2. The van der Waals surface area contributed by atoms with Gasteiger partial charge >= 0.3 is 0 Å². The fourth-order valence-electron chi connectivity index (χ4n) is 1.60. The Bertz CT molecular complexity index is 494. The molecule has 0 saturated heterocycles. The van der Waals surface area contributed by atoms with Crippen LogP contribution in [0.25, 0.3) is 0 Å². The van der Waals surface area contributed by atoms with E-state index < -0.39 is 0 Å². The van der Waals surface area contributed by atoms with Gasteiger partial charge in [-0.3, -0.25) is 4.68 Å². The summed E-state index contributed by atoms with van der Waals surface area (Å²) in [6.07, 6.45) is 1.94. The number of aryl methyl sites for hydroxylation is 1. The van der Waals surface area contributed by atoms with Gasteiger partial charge in [-0.15, -0.1) is 0 Å². The maximum absolute atomic E-state index is 5.96. The molecule has 4 heteroatoms. The van der Waals surface area contributed by atoms with Gasteiger partial charge in [-0.25, -0.2) is 0 Å². The Labute approximate surface area is 99.6 Å². The summed E-state index contributed by atoms with van der Waals surface area (Å²) in [5, 5.41) is 5.04. The average molecular weight is 237 g/mol. The number of benzene rings is 1. The largest absolute Gasteiger partial charge is 0.496 e. The maximum atomic E-state index is 5.96. The van der Waals surface area contributed by atoms with Crippen molar-refractivity contribution in [1.82, 2.24) is 9.78 Å². The lowest BCUT2D eigenvalue weighted by Crippen LogP contribution is -2.02. The lowest BCUT2D eigenvalue weighted by Gasteiger charge is -2.08. The van der Waals surface area contributed by atoms with Crippen LogP contribution in [0, 0.1) is 6.92 Å². The van der Waals surface area contributed by atoms with Crippen LogP contribution in [0.5, 0.6) is 5.75 Å². The minimum atomic E-state index is 0.664. The maximum Gasteiger partial charge on any atom is 0.124 e. The average Bonchev–Trinajstić information content (AvgIpc) is 2.64. The topological polar surface area (TPSA) is 27.1 Å². The summed E-state index contributed by atoms with van der Waals surface area (Å²) in [5.74, 6) is 0.831. The van der Waals surface area contributed by atoms with Crippen molar-refractivity contribution in [3.05, 3.63) is 46.7 Å². The first kappa shape index (κ1) is 11.0. The monoisotopic (exact) mass is 236 g/mol. The molecule has 0 aliphatic heterocycles. The molecule has 0 spiro atoms. The van der Waals surface area contributed by atoms with E-state index in [0.29, 0.717) is 11.6 Å². The Balaban J connectivity index is 2.29. The third-order valence-electron chi connectivity index (χ3n) is 2.35. The second-order valence-corrected chi connectivity index (χ2v) is 4.05. The lowest BCUT2D eigenvalue weighted by molar-refractivity contribution is 0.407. The van der Waals surface area contributed by atoms with E-state index in [1.54, 1.807) is 7.11 Å². The van der Waals surface area contributed by atoms with Crippen LogP contribution in [0.2, 0.25) is 5.02 Å². The summed E-state index contributed by atoms with van der Waals surface area (Å²) in [4.78, 5) is 0. The van der Waals surface area contributed by atoms with Crippen molar-refractivity contribution in [2.24, 2.45) is 0 Å². The van der Waals surface area contributed by atoms with Crippen molar-refractivity contribution in [2.75, 3.05) is 7.11 Å². The number of ether oxygens (including phenoxy) is 1. The van der Waals surface area contributed by atoms with Crippen molar-refractivity contribution >= 4 is 11.6 Å². The normalized spacial score (nSPS) is 10.4. The number of nitrogens with zero attached hydrogens (tertiary/aromatic N) is 2. The van der Waals surface area contributed by atoms with E-state index >= 15 is 0 Å². The summed E-state index contributed by atoms with van der Waals surface area (Å²) in [5.41, 5.74) is 2.03. The molecule has 2 rings (SSSR count). The van der Waals surface area contributed by atoms with Crippen molar-refractivity contribution in [1.29, 1.82) is 0 Å². The van der Waals surface area contributed by atoms with Crippen LogP contribution in [-0.4, -0.2) is 16.9 Å². The first-order valence-corrected chi connectivity index (χ1v) is 5.39. The first-order chi connectivity index (χ1) is 7.69. The number of aromatic nitrogens is 2. The molecular weight excluding hydrogens is 224 g/mol. The second-order valence-electron chi connectivity index (χ2n) is 3.61. The zero-order valence-electron chi connectivity index (χ0n) is 9.27. The Morgan fingerprint density at radius 1 is 1.38 bits per heavy atom. The first-order valence-electron chi connectivity index (χ1n) is 5.01. The van der Waals surface area contributed by atoms with Gasteiger partial charge in [0, 0.05) is 16.8 Å². The predicted molar refractivity (Wildman–Crippen MR) is 64.1 cm³/mol. The van der Waals surface area contributed by atoms with Gasteiger partial charge in [0.15, 0.2) is 0 Å². The van der Waals surface area contributed by atoms with Gasteiger partial charge < -0.3 is 4.74 Å². The minimum Gasteiger partial charge on any atom is -0.496 e. The minimum absolute atomic E-state index is 0.664. The van der Waals surface area contributed by atoms with Crippen LogP contribution in [0.1, 0.15) is 11.3 Å². The molecule has 0 fully saturated rings. The fraction of sp³-hybridized carbons (Fsp3) is 0.250. The van der Waals surface area contributed by atoms with E-state index in [9.17, 15) is 0 Å². The summed E-state index contributed by atoms with van der Waals surface area (Å²) in [7, 11) is 1.65. The molecule has 0 atom stereocenters. The van der Waals surface area contributed by atoms with Crippen LogP contribution in [-0.2, 0) is 6.54 Å². The van der Waals surface area contributed by atoms with Crippen LogP contribution in [0.4, 0.5) is 0 Å². The van der Waals surface area contributed by atoms with Gasteiger partial charge in [0.25, 0.3) is 0 Å². The summed E-state index contributed by atoms with van der Waals surface area (Å²) in [6, 6.07) is 7.56. The van der Waals surface area contributed by atoms with Crippen molar-refractivity contribution in [2.45, 2.75) is 13.5 Å². The Hall–Kier alpha value is -1.48. The Morgan fingerprint density at radius 3 is 2.81 bits per heavy atom. The molecule has 3 nitrogen and oxygen atoms in total. The highest BCUT2D eigenvalue weighted by Crippen LogP contribution is 2.23. The molecule has 0 aliphatic carbocycles. The highest BCUT2D eigenvalue weighted by molar-refractivity contribution is 6.30.